The zero-order valence-electron chi connectivity index (χ0n) is 10.7. The van der Waals surface area contributed by atoms with Crippen molar-refractivity contribution >= 4 is 5.91 Å². The van der Waals surface area contributed by atoms with Gasteiger partial charge in [0.05, 0.1) is 12.2 Å². The van der Waals surface area contributed by atoms with Gasteiger partial charge in [-0.15, -0.1) is 0 Å². The van der Waals surface area contributed by atoms with Crippen molar-refractivity contribution in [1.82, 2.24) is 10.2 Å². The quantitative estimate of drug-likeness (QED) is 0.779. The Morgan fingerprint density at radius 1 is 1.38 bits per heavy atom. The normalized spacial score (nSPS) is 40.4. The first-order valence-corrected chi connectivity index (χ1v) is 6.71. The van der Waals surface area contributed by atoms with Gasteiger partial charge in [0, 0.05) is 6.04 Å². The summed E-state index contributed by atoms with van der Waals surface area (Å²) in [5, 5.41) is 3.39. The van der Waals surface area contributed by atoms with Gasteiger partial charge in [-0.3, -0.25) is 10.1 Å². The molecule has 0 aromatic rings. The van der Waals surface area contributed by atoms with Crippen molar-refractivity contribution in [3.05, 3.63) is 0 Å². The average Bonchev–Trinajstić information content (AvgIpc) is 2.53. The summed E-state index contributed by atoms with van der Waals surface area (Å²) in [4.78, 5) is 14.3. The molecule has 2 rings (SSSR count). The molecule has 0 aromatic carbocycles. The molecule has 4 atom stereocenters. The number of rotatable bonds is 2. The van der Waals surface area contributed by atoms with E-state index in [1.165, 1.54) is 25.7 Å². The number of nitrogens with one attached hydrogen (secondary N) is 1. The molecule has 1 aliphatic carbocycles. The lowest BCUT2D eigenvalue weighted by molar-refractivity contribution is -0.133. The van der Waals surface area contributed by atoms with Crippen LogP contribution in [0.15, 0.2) is 0 Å². The molecule has 0 radical (unpaired) electrons. The number of amides is 1. The molecule has 2 fully saturated rings. The predicted molar refractivity (Wildman–Crippen MR) is 64.9 cm³/mol. The van der Waals surface area contributed by atoms with Gasteiger partial charge >= 0.3 is 0 Å². The second kappa shape index (κ2) is 4.74. The van der Waals surface area contributed by atoms with E-state index in [0.29, 0.717) is 11.9 Å². The Morgan fingerprint density at radius 2 is 2.12 bits per heavy atom. The van der Waals surface area contributed by atoms with Crippen molar-refractivity contribution in [2.24, 2.45) is 5.92 Å². The molecule has 1 amide bonds. The lowest BCUT2D eigenvalue weighted by Crippen LogP contribution is -2.45. The zero-order valence-corrected chi connectivity index (χ0v) is 10.7. The van der Waals surface area contributed by atoms with Crippen LogP contribution in [0.5, 0.6) is 0 Å². The maximum absolute atomic E-state index is 12.2. The molecule has 0 aromatic heterocycles. The van der Waals surface area contributed by atoms with Crippen LogP contribution in [0.4, 0.5) is 0 Å². The van der Waals surface area contributed by atoms with E-state index in [-0.39, 0.29) is 12.2 Å². The van der Waals surface area contributed by atoms with Crippen LogP contribution < -0.4 is 5.32 Å². The van der Waals surface area contributed by atoms with Gasteiger partial charge in [0.15, 0.2) is 0 Å². The van der Waals surface area contributed by atoms with Crippen LogP contribution in [0.1, 0.15) is 52.9 Å². The van der Waals surface area contributed by atoms with E-state index in [1.54, 1.807) is 0 Å². The summed E-state index contributed by atoms with van der Waals surface area (Å²) >= 11 is 0. The summed E-state index contributed by atoms with van der Waals surface area (Å²) in [6, 6.07) is 0.544. The Bertz CT molecular complexity index is 267. The van der Waals surface area contributed by atoms with Crippen molar-refractivity contribution < 1.29 is 4.79 Å². The van der Waals surface area contributed by atoms with E-state index in [0.717, 1.165) is 12.3 Å². The maximum atomic E-state index is 12.2. The SMILES string of the molecule is CCC1NC(C)N(C2CCCC(C)C2)C1=O. The van der Waals surface area contributed by atoms with Gasteiger partial charge in [-0.25, -0.2) is 0 Å². The number of carbonyl (C=O) groups is 1. The summed E-state index contributed by atoms with van der Waals surface area (Å²) in [6.07, 6.45) is 6.12. The Labute approximate surface area is 98.6 Å². The van der Waals surface area contributed by atoms with Gasteiger partial charge in [0.25, 0.3) is 0 Å². The van der Waals surface area contributed by atoms with Crippen LogP contribution in [-0.4, -0.2) is 29.1 Å². The molecule has 1 saturated carbocycles. The topological polar surface area (TPSA) is 32.3 Å². The molecule has 3 nitrogen and oxygen atoms in total. The zero-order chi connectivity index (χ0) is 11.7. The van der Waals surface area contributed by atoms with E-state index in [1.807, 2.05) is 0 Å². The molecule has 0 spiro atoms. The molecule has 16 heavy (non-hydrogen) atoms. The van der Waals surface area contributed by atoms with E-state index >= 15 is 0 Å². The number of nitrogens with zero attached hydrogens (tertiary/aromatic N) is 1. The van der Waals surface area contributed by atoms with Crippen LogP contribution in [0.25, 0.3) is 0 Å². The highest BCUT2D eigenvalue weighted by Gasteiger charge is 2.40. The highest BCUT2D eigenvalue weighted by atomic mass is 16.2. The third-order valence-electron chi connectivity index (χ3n) is 4.12. The minimum absolute atomic E-state index is 0.0623. The molecule has 92 valence electrons. The van der Waals surface area contributed by atoms with E-state index in [4.69, 9.17) is 0 Å². The van der Waals surface area contributed by atoms with Gasteiger partial charge in [0.2, 0.25) is 5.91 Å². The third-order valence-corrected chi connectivity index (χ3v) is 4.12. The van der Waals surface area contributed by atoms with Crippen LogP contribution in [0, 0.1) is 5.92 Å². The fourth-order valence-corrected chi connectivity index (χ4v) is 3.26. The number of hydrogen-bond donors (Lipinski definition) is 1. The molecular formula is C13H24N2O. The second-order valence-electron chi connectivity index (χ2n) is 5.47. The minimum Gasteiger partial charge on any atom is -0.323 e. The second-order valence-corrected chi connectivity index (χ2v) is 5.47. The molecular weight excluding hydrogens is 200 g/mol. The molecule has 0 bridgehead atoms. The highest BCUT2D eigenvalue weighted by Crippen LogP contribution is 2.30. The fourth-order valence-electron chi connectivity index (χ4n) is 3.26. The Kier molecular flexibility index (Phi) is 3.53. The largest absolute Gasteiger partial charge is 0.323 e. The van der Waals surface area contributed by atoms with Crippen LogP contribution in [0.2, 0.25) is 0 Å². The van der Waals surface area contributed by atoms with E-state index in [9.17, 15) is 4.79 Å². The molecule has 1 saturated heterocycles. The summed E-state index contributed by atoms with van der Waals surface area (Å²) in [7, 11) is 0. The Balaban J connectivity index is 2.05. The van der Waals surface area contributed by atoms with Crippen molar-refractivity contribution in [2.75, 3.05) is 0 Å². The van der Waals surface area contributed by atoms with Crippen molar-refractivity contribution in [3.8, 4) is 0 Å². The molecule has 2 aliphatic rings. The minimum atomic E-state index is 0.0623. The van der Waals surface area contributed by atoms with Gasteiger partial charge in [0.1, 0.15) is 0 Å². The first-order valence-electron chi connectivity index (χ1n) is 6.71. The molecule has 4 unspecified atom stereocenters. The third kappa shape index (κ3) is 2.10. The average molecular weight is 224 g/mol. The maximum Gasteiger partial charge on any atom is 0.241 e. The van der Waals surface area contributed by atoms with Gasteiger partial charge in [-0.05, 0) is 32.1 Å². The smallest absolute Gasteiger partial charge is 0.241 e. The van der Waals surface area contributed by atoms with Gasteiger partial charge in [-0.2, -0.15) is 0 Å². The van der Waals surface area contributed by atoms with Crippen LogP contribution in [0.3, 0.4) is 0 Å². The first-order chi connectivity index (χ1) is 7.63. The van der Waals surface area contributed by atoms with Crippen molar-refractivity contribution in [1.29, 1.82) is 0 Å². The predicted octanol–water partition coefficient (Wildman–Crippen LogP) is 2.12. The van der Waals surface area contributed by atoms with Gasteiger partial charge in [-0.1, -0.05) is 26.7 Å². The summed E-state index contributed by atoms with van der Waals surface area (Å²) in [5.74, 6) is 1.11. The Hall–Kier alpha value is -0.570. The Morgan fingerprint density at radius 3 is 2.69 bits per heavy atom. The summed E-state index contributed by atoms with van der Waals surface area (Å²) in [5.41, 5.74) is 0. The van der Waals surface area contributed by atoms with E-state index < -0.39 is 0 Å². The number of hydrogen-bond acceptors (Lipinski definition) is 2. The van der Waals surface area contributed by atoms with Crippen molar-refractivity contribution in [3.63, 3.8) is 0 Å². The van der Waals surface area contributed by atoms with Crippen LogP contribution in [-0.2, 0) is 4.79 Å². The summed E-state index contributed by atoms with van der Waals surface area (Å²) < 4.78 is 0. The lowest BCUT2D eigenvalue weighted by atomic mass is 9.86. The first kappa shape index (κ1) is 11.9. The van der Waals surface area contributed by atoms with Crippen LogP contribution >= 0.6 is 0 Å². The van der Waals surface area contributed by atoms with E-state index in [2.05, 4.69) is 31.0 Å². The standard InChI is InChI=1S/C13H24N2O/c1-4-12-13(16)15(10(3)14-12)11-7-5-6-9(2)8-11/h9-12,14H,4-8H2,1-3H3. The van der Waals surface area contributed by atoms with Gasteiger partial charge < -0.3 is 4.90 Å². The summed E-state index contributed by atoms with van der Waals surface area (Å²) in [6.45, 7) is 6.50. The monoisotopic (exact) mass is 224 g/mol. The molecule has 3 heteroatoms. The number of carbonyl (C=O) groups excluding carboxylic acids is 1. The molecule has 1 N–H and O–H groups in total. The highest BCUT2D eigenvalue weighted by molar-refractivity contribution is 5.84. The lowest BCUT2D eigenvalue weighted by Gasteiger charge is -2.36. The molecule has 1 aliphatic heterocycles. The molecule has 1 heterocycles. The van der Waals surface area contributed by atoms with Crippen molar-refractivity contribution in [2.45, 2.75) is 71.1 Å². The fraction of sp³-hybridized carbons (Fsp3) is 0.923.